The van der Waals surface area contributed by atoms with Crippen LogP contribution in [0.4, 0.5) is 5.69 Å². The highest BCUT2D eigenvalue weighted by Gasteiger charge is 2.46. The third-order valence-electron chi connectivity index (χ3n) is 3.78. The van der Waals surface area contributed by atoms with Gasteiger partial charge in [0.1, 0.15) is 30.1 Å². The summed E-state index contributed by atoms with van der Waals surface area (Å²) in [4.78, 5) is 39.1. The Hall–Kier alpha value is -2.12. The minimum absolute atomic E-state index is 0.0872. The standard InChI is InChI=1S/C14H19N2O11P/c1-7(17)15-11-13(19)12(18)10(6-25-28(22,23)24)27-14(11)26-9-4-2-8(3-5-9)16(20)21/h2-5,10-14,18-19H,6H2,1H3,(H,15,17)(H2,22,23,24)/t10-,11-,12+,13-,14-/m1/s1. The van der Waals surface area contributed by atoms with Crippen molar-refractivity contribution in [3.63, 3.8) is 0 Å². The summed E-state index contributed by atoms with van der Waals surface area (Å²) < 4.78 is 26.1. The highest BCUT2D eigenvalue weighted by molar-refractivity contribution is 7.46. The Balaban J connectivity index is 2.20. The maximum Gasteiger partial charge on any atom is 0.469 e. The summed E-state index contributed by atoms with van der Waals surface area (Å²) in [6.45, 7) is 0.389. The summed E-state index contributed by atoms with van der Waals surface area (Å²) in [6, 6.07) is 3.58. The normalized spacial score (nSPS) is 27.8. The van der Waals surface area contributed by atoms with Gasteiger partial charge in [0.25, 0.3) is 5.69 Å². The van der Waals surface area contributed by atoms with Crippen molar-refractivity contribution in [1.82, 2.24) is 5.32 Å². The molecule has 1 saturated heterocycles. The molecule has 28 heavy (non-hydrogen) atoms. The van der Waals surface area contributed by atoms with Gasteiger partial charge in [-0.1, -0.05) is 0 Å². The second kappa shape index (κ2) is 8.92. The molecule has 1 aliphatic heterocycles. The number of hydrogen-bond acceptors (Lipinski definition) is 9. The molecule has 0 radical (unpaired) electrons. The molecule has 0 unspecified atom stereocenters. The Labute approximate surface area is 158 Å². The fraction of sp³-hybridized carbons (Fsp3) is 0.500. The number of rotatable bonds is 7. The van der Waals surface area contributed by atoms with E-state index in [4.69, 9.17) is 19.3 Å². The molecule has 1 aromatic rings. The van der Waals surface area contributed by atoms with Gasteiger partial charge in [0.05, 0.1) is 11.5 Å². The van der Waals surface area contributed by atoms with E-state index in [2.05, 4.69) is 9.84 Å². The predicted molar refractivity (Wildman–Crippen MR) is 90.0 cm³/mol. The number of non-ortho nitro benzene ring substituents is 1. The van der Waals surface area contributed by atoms with Crippen LogP contribution in [0.3, 0.4) is 0 Å². The van der Waals surface area contributed by atoms with E-state index in [-0.39, 0.29) is 11.4 Å². The minimum atomic E-state index is -4.86. The quantitative estimate of drug-likeness (QED) is 0.206. The van der Waals surface area contributed by atoms with Crippen LogP contribution in [0, 0.1) is 10.1 Å². The van der Waals surface area contributed by atoms with Gasteiger partial charge in [-0.05, 0) is 12.1 Å². The molecule has 0 aromatic heterocycles. The van der Waals surface area contributed by atoms with Crippen molar-refractivity contribution in [3.05, 3.63) is 34.4 Å². The zero-order valence-corrected chi connectivity index (χ0v) is 15.3. The molecular formula is C14H19N2O11P. The van der Waals surface area contributed by atoms with Gasteiger partial charge in [0.2, 0.25) is 12.2 Å². The van der Waals surface area contributed by atoms with Gasteiger partial charge in [-0.25, -0.2) is 4.57 Å². The Morgan fingerprint density at radius 2 is 1.89 bits per heavy atom. The fourth-order valence-corrected chi connectivity index (χ4v) is 2.85. The Kier molecular flexibility index (Phi) is 7.06. The molecule has 1 heterocycles. The molecule has 2 rings (SSSR count). The van der Waals surface area contributed by atoms with Gasteiger partial charge in [0, 0.05) is 19.1 Å². The smallest absolute Gasteiger partial charge is 0.463 e. The van der Waals surface area contributed by atoms with Crippen LogP contribution in [0.15, 0.2) is 24.3 Å². The predicted octanol–water partition coefficient (Wildman–Crippen LogP) is -0.966. The number of carbonyl (C=O) groups excluding carboxylic acids is 1. The maximum atomic E-state index is 11.4. The first-order valence-corrected chi connectivity index (χ1v) is 9.41. The lowest BCUT2D eigenvalue weighted by atomic mass is 9.97. The average molecular weight is 422 g/mol. The maximum absolute atomic E-state index is 11.4. The number of nitrogens with one attached hydrogen (secondary N) is 1. The zero-order chi connectivity index (χ0) is 21.1. The van der Waals surface area contributed by atoms with Crippen molar-refractivity contribution < 1.29 is 48.3 Å². The summed E-state index contributed by atoms with van der Waals surface area (Å²) in [5.41, 5.74) is -0.196. The first-order valence-electron chi connectivity index (χ1n) is 7.88. The molecule has 5 atom stereocenters. The van der Waals surface area contributed by atoms with Gasteiger partial charge in [0.15, 0.2) is 0 Å². The van der Waals surface area contributed by atoms with Crippen molar-refractivity contribution in [2.45, 2.75) is 37.6 Å². The van der Waals surface area contributed by atoms with Crippen LogP contribution in [0.25, 0.3) is 0 Å². The lowest BCUT2D eigenvalue weighted by Crippen LogP contribution is -2.65. The van der Waals surface area contributed by atoms with Gasteiger partial charge < -0.3 is 34.8 Å². The molecule has 1 aliphatic rings. The first kappa shape index (κ1) is 22.2. The molecule has 1 fully saturated rings. The molecule has 1 amide bonds. The first-order chi connectivity index (χ1) is 13.0. The molecule has 0 aliphatic carbocycles. The van der Waals surface area contributed by atoms with E-state index in [9.17, 15) is 29.7 Å². The number of nitro groups is 1. The van der Waals surface area contributed by atoms with Crippen molar-refractivity contribution in [2.75, 3.05) is 6.61 Å². The summed E-state index contributed by atoms with van der Waals surface area (Å²) in [6.07, 6.45) is -6.06. The molecule has 0 saturated carbocycles. The Morgan fingerprint density at radius 1 is 1.29 bits per heavy atom. The van der Waals surface area contributed by atoms with Crippen molar-refractivity contribution >= 4 is 19.4 Å². The second-order valence-corrected chi connectivity index (χ2v) is 7.14. The molecule has 13 nitrogen and oxygen atoms in total. The van der Waals surface area contributed by atoms with Crippen molar-refractivity contribution in [1.29, 1.82) is 0 Å². The van der Waals surface area contributed by atoms with E-state index in [1.807, 2.05) is 0 Å². The van der Waals surface area contributed by atoms with Gasteiger partial charge >= 0.3 is 7.82 Å². The molecule has 156 valence electrons. The fourth-order valence-electron chi connectivity index (χ4n) is 2.51. The van der Waals surface area contributed by atoms with Crippen LogP contribution in [0.5, 0.6) is 5.75 Å². The minimum Gasteiger partial charge on any atom is -0.463 e. The Bertz CT molecular complexity index is 752. The van der Waals surface area contributed by atoms with E-state index in [0.29, 0.717) is 0 Å². The topological polar surface area (TPSA) is 198 Å². The van der Waals surface area contributed by atoms with Crippen molar-refractivity contribution in [3.8, 4) is 5.75 Å². The summed E-state index contributed by atoms with van der Waals surface area (Å²) in [7, 11) is -4.86. The molecule has 0 spiro atoms. The van der Waals surface area contributed by atoms with E-state index in [1.54, 1.807) is 0 Å². The molecule has 1 aromatic carbocycles. The molecule has 0 bridgehead atoms. The lowest BCUT2D eigenvalue weighted by molar-refractivity contribution is -0.384. The molecule has 14 heteroatoms. The van der Waals surface area contributed by atoms with Crippen molar-refractivity contribution in [2.24, 2.45) is 0 Å². The number of aliphatic hydroxyl groups excluding tert-OH is 2. The van der Waals surface area contributed by atoms with E-state index >= 15 is 0 Å². The molecular weight excluding hydrogens is 403 g/mol. The number of hydrogen-bond donors (Lipinski definition) is 5. The second-order valence-electron chi connectivity index (χ2n) is 5.91. The monoisotopic (exact) mass is 422 g/mol. The van der Waals surface area contributed by atoms with Gasteiger partial charge in [-0.3, -0.25) is 19.4 Å². The average Bonchev–Trinajstić information content (AvgIpc) is 2.59. The van der Waals surface area contributed by atoms with Gasteiger partial charge in [-0.2, -0.15) is 0 Å². The largest absolute Gasteiger partial charge is 0.469 e. The SMILES string of the molecule is CC(=O)N[C@H]1[C@H](Oc2ccc([N+](=O)[O-])cc2)O[C@H](COP(=O)(O)O)[C@H](O)[C@@H]1O. The third-order valence-corrected chi connectivity index (χ3v) is 4.26. The number of benzene rings is 1. The number of phosphoric acid groups is 1. The van der Waals surface area contributed by atoms with Crippen LogP contribution in [-0.4, -0.2) is 68.1 Å². The van der Waals surface area contributed by atoms with Crippen LogP contribution in [-0.2, 0) is 18.6 Å². The number of nitro benzene ring substituents is 1. The van der Waals surface area contributed by atoms with Crippen LogP contribution in [0.1, 0.15) is 6.92 Å². The Morgan fingerprint density at radius 3 is 2.39 bits per heavy atom. The number of nitrogens with zero attached hydrogens (tertiary/aromatic N) is 1. The number of ether oxygens (including phenoxy) is 2. The number of phosphoric ester groups is 1. The highest BCUT2D eigenvalue weighted by Crippen LogP contribution is 2.37. The summed E-state index contributed by atoms with van der Waals surface area (Å²) in [5.74, 6) is -0.480. The van der Waals surface area contributed by atoms with Crippen LogP contribution in [0.2, 0.25) is 0 Å². The zero-order valence-electron chi connectivity index (χ0n) is 14.4. The third kappa shape index (κ3) is 5.94. The van der Waals surface area contributed by atoms with E-state index < -0.39 is 55.9 Å². The van der Waals surface area contributed by atoms with Crippen LogP contribution < -0.4 is 10.1 Å². The summed E-state index contributed by atoms with van der Waals surface area (Å²) in [5, 5.41) is 33.5. The molecule has 5 N–H and O–H groups in total. The van der Waals surface area contributed by atoms with E-state index in [0.717, 1.165) is 19.1 Å². The highest BCUT2D eigenvalue weighted by atomic mass is 31.2. The lowest BCUT2D eigenvalue weighted by Gasteiger charge is -2.42. The van der Waals surface area contributed by atoms with Crippen LogP contribution >= 0.6 is 7.82 Å². The van der Waals surface area contributed by atoms with Gasteiger partial charge in [-0.15, -0.1) is 0 Å². The summed E-state index contributed by atoms with van der Waals surface area (Å²) >= 11 is 0. The number of carbonyl (C=O) groups is 1. The number of amides is 1. The number of aliphatic hydroxyl groups is 2. The van der Waals surface area contributed by atoms with E-state index in [1.165, 1.54) is 12.1 Å².